The zero-order valence-corrected chi connectivity index (χ0v) is 11.3. The number of rotatable bonds is 5. The lowest BCUT2D eigenvalue weighted by molar-refractivity contribution is -0.152. The lowest BCUT2D eigenvalue weighted by atomic mass is 9.69. The summed E-state index contributed by atoms with van der Waals surface area (Å²) in [6, 6.07) is 0. The molecule has 0 aromatic rings. The first-order valence-corrected chi connectivity index (χ1v) is 6.63. The summed E-state index contributed by atoms with van der Waals surface area (Å²) in [5.41, 5.74) is -0.0621. The Morgan fingerprint density at radius 3 is 2.12 bits per heavy atom. The van der Waals surface area contributed by atoms with Gasteiger partial charge in [0.1, 0.15) is 5.60 Å². The fraction of sp³-hybridized carbons (Fsp3) is 0.929. The van der Waals surface area contributed by atoms with Crippen LogP contribution in [0.1, 0.15) is 66.2 Å². The van der Waals surface area contributed by atoms with Crippen LogP contribution >= 0.6 is 0 Å². The van der Waals surface area contributed by atoms with Gasteiger partial charge in [0.2, 0.25) is 0 Å². The molecular formula is C14H26O2. The molecule has 2 heteroatoms. The largest absolute Gasteiger partial charge is 0.368 e. The number of ether oxygens (including phenoxy) is 1. The van der Waals surface area contributed by atoms with E-state index >= 15 is 0 Å². The molecule has 16 heavy (non-hydrogen) atoms. The highest BCUT2D eigenvalue weighted by atomic mass is 16.5. The van der Waals surface area contributed by atoms with E-state index < -0.39 is 5.60 Å². The van der Waals surface area contributed by atoms with Crippen molar-refractivity contribution in [2.24, 2.45) is 5.41 Å². The van der Waals surface area contributed by atoms with Gasteiger partial charge in [0, 0.05) is 13.0 Å². The van der Waals surface area contributed by atoms with Gasteiger partial charge in [-0.3, -0.25) is 4.79 Å². The molecule has 0 radical (unpaired) electrons. The van der Waals surface area contributed by atoms with E-state index in [1.54, 1.807) is 0 Å². The zero-order chi connectivity index (χ0) is 12.2. The normalized spacial score (nSPS) is 23.0. The first-order valence-electron chi connectivity index (χ1n) is 6.63. The summed E-state index contributed by atoms with van der Waals surface area (Å²) in [5.74, 6) is 0.326. The minimum atomic E-state index is -0.444. The van der Waals surface area contributed by atoms with Gasteiger partial charge in [0.05, 0.1) is 0 Å². The Labute approximate surface area is 99.8 Å². The van der Waals surface area contributed by atoms with Crippen LogP contribution in [0.25, 0.3) is 0 Å². The fourth-order valence-corrected chi connectivity index (χ4v) is 2.57. The molecular weight excluding hydrogens is 200 g/mol. The third-order valence-electron chi connectivity index (χ3n) is 3.82. The highest BCUT2D eigenvalue weighted by Crippen LogP contribution is 2.43. The van der Waals surface area contributed by atoms with Crippen molar-refractivity contribution in [3.63, 3.8) is 0 Å². The maximum atomic E-state index is 12.2. The van der Waals surface area contributed by atoms with Crippen LogP contribution < -0.4 is 0 Å². The molecule has 0 bridgehead atoms. The summed E-state index contributed by atoms with van der Waals surface area (Å²) in [5, 5.41) is 0. The molecule has 0 aromatic carbocycles. The quantitative estimate of drug-likeness (QED) is 0.714. The van der Waals surface area contributed by atoms with Crippen molar-refractivity contribution in [1.82, 2.24) is 0 Å². The number of carbonyl (C=O) groups is 1. The van der Waals surface area contributed by atoms with Crippen LogP contribution in [0.4, 0.5) is 0 Å². The monoisotopic (exact) mass is 226 g/mol. The summed E-state index contributed by atoms with van der Waals surface area (Å²) >= 11 is 0. The van der Waals surface area contributed by atoms with Gasteiger partial charge >= 0.3 is 0 Å². The first-order chi connectivity index (χ1) is 7.46. The van der Waals surface area contributed by atoms with E-state index in [1.165, 1.54) is 0 Å². The standard InChI is InChI=1S/C14H26O2/c1-5-7-12(15)14(16-6-2)10-8-13(3,4)9-11-14/h5-11H2,1-4H3. The number of Topliss-reactive ketones (excluding diaryl/α,β-unsaturated/α-hetero) is 1. The maximum absolute atomic E-state index is 12.2. The lowest BCUT2D eigenvalue weighted by Crippen LogP contribution is -2.46. The minimum Gasteiger partial charge on any atom is -0.368 e. The number of carbonyl (C=O) groups excluding carboxylic acids is 1. The predicted molar refractivity (Wildman–Crippen MR) is 66.5 cm³/mol. The molecule has 0 atom stereocenters. The van der Waals surface area contributed by atoms with Crippen LogP contribution in [-0.2, 0) is 9.53 Å². The Kier molecular flexibility index (Phi) is 4.54. The third kappa shape index (κ3) is 3.07. The molecule has 0 unspecified atom stereocenters. The van der Waals surface area contributed by atoms with Gasteiger partial charge in [0.15, 0.2) is 5.78 Å². The predicted octanol–water partition coefficient (Wildman–Crippen LogP) is 3.73. The minimum absolute atomic E-state index is 0.326. The van der Waals surface area contributed by atoms with Crippen LogP contribution in [0.5, 0.6) is 0 Å². The second-order valence-corrected chi connectivity index (χ2v) is 5.76. The molecule has 1 aliphatic carbocycles. The van der Waals surface area contributed by atoms with Crippen LogP contribution in [0.2, 0.25) is 0 Å². The van der Waals surface area contributed by atoms with Crippen molar-refractivity contribution in [3.8, 4) is 0 Å². The maximum Gasteiger partial charge on any atom is 0.164 e. The molecule has 1 rings (SSSR count). The molecule has 0 saturated heterocycles. The Morgan fingerprint density at radius 2 is 1.69 bits per heavy atom. The molecule has 1 aliphatic rings. The Balaban J connectivity index is 2.71. The summed E-state index contributed by atoms with van der Waals surface area (Å²) < 4.78 is 5.83. The summed E-state index contributed by atoms with van der Waals surface area (Å²) in [6.45, 7) is 9.27. The smallest absolute Gasteiger partial charge is 0.164 e. The molecule has 0 spiro atoms. The lowest BCUT2D eigenvalue weighted by Gasteiger charge is -2.42. The Bertz CT molecular complexity index is 233. The second kappa shape index (κ2) is 5.31. The molecule has 0 heterocycles. The van der Waals surface area contributed by atoms with Gasteiger partial charge in [0.25, 0.3) is 0 Å². The average Bonchev–Trinajstić information content (AvgIpc) is 2.22. The van der Waals surface area contributed by atoms with Gasteiger partial charge in [-0.05, 0) is 44.4 Å². The molecule has 94 valence electrons. The molecule has 0 N–H and O–H groups in total. The van der Waals surface area contributed by atoms with Gasteiger partial charge in [-0.25, -0.2) is 0 Å². The van der Waals surface area contributed by atoms with E-state index in [-0.39, 0.29) is 0 Å². The van der Waals surface area contributed by atoms with Crippen LogP contribution in [0.3, 0.4) is 0 Å². The van der Waals surface area contributed by atoms with E-state index in [0.717, 1.165) is 32.1 Å². The van der Waals surface area contributed by atoms with E-state index in [2.05, 4.69) is 20.8 Å². The van der Waals surface area contributed by atoms with Gasteiger partial charge < -0.3 is 4.74 Å². The van der Waals surface area contributed by atoms with Crippen molar-refractivity contribution < 1.29 is 9.53 Å². The van der Waals surface area contributed by atoms with Gasteiger partial charge in [-0.15, -0.1) is 0 Å². The molecule has 1 fully saturated rings. The highest BCUT2D eigenvalue weighted by molar-refractivity contribution is 5.87. The van der Waals surface area contributed by atoms with Crippen molar-refractivity contribution >= 4 is 5.78 Å². The average molecular weight is 226 g/mol. The van der Waals surface area contributed by atoms with Gasteiger partial charge in [-0.2, -0.15) is 0 Å². The van der Waals surface area contributed by atoms with Crippen molar-refractivity contribution in [1.29, 1.82) is 0 Å². The van der Waals surface area contributed by atoms with E-state index in [0.29, 0.717) is 24.2 Å². The first kappa shape index (κ1) is 13.7. The van der Waals surface area contributed by atoms with Crippen LogP contribution in [0, 0.1) is 5.41 Å². The molecule has 1 saturated carbocycles. The fourth-order valence-electron chi connectivity index (χ4n) is 2.57. The van der Waals surface area contributed by atoms with Crippen LogP contribution in [-0.4, -0.2) is 18.0 Å². The Morgan fingerprint density at radius 1 is 1.12 bits per heavy atom. The molecule has 2 nitrogen and oxygen atoms in total. The van der Waals surface area contributed by atoms with Crippen molar-refractivity contribution in [3.05, 3.63) is 0 Å². The van der Waals surface area contributed by atoms with Crippen LogP contribution in [0.15, 0.2) is 0 Å². The summed E-state index contributed by atoms with van der Waals surface area (Å²) in [7, 11) is 0. The molecule has 0 aliphatic heterocycles. The number of hydrogen-bond acceptors (Lipinski definition) is 2. The highest BCUT2D eigenvalue weighted by Gasteiger charge is 2.43. The van der Waals surface area contributed by atoms with Crippen molar-refractivity contribution in [2.75, 3.05) is 6.61 Å². The van der Waals surface area contributed by atoms with Crippen molar-refractivity contribution in [2.45, 2.75) is 71.8 Å². The number of hydrogen-bond donors (Lipinski definition) is 0. The molecule has 0 amide bonds. The van der Waals surface area contributed by atoms with E-state index in [4.69, 9.17) is 4.74 Å². The van der Waals surface area contributed by atoms with Gasteiger partial charge in [-0.1, -0.05) is 20.8 Å². The van der Waals surface area contributed by atoms with E-state index in [9.17, 15) is 4.79 Å². The SMILES string of the molecule is CCCC(=O)C1(OCC)CCC(C)(C)CC1. The third-order valence-corrected chi connectivity index (χ3v) is 3.82. The van der Waals surface area contributed by atoms with E-state index in [1.807, 2.05) is 6.92 Å². The number of ketones is 1. The second-order valence-electron chi connectivity index (χ2n) is 5.76. The zero-order valence-electron chi connectivity index (χ0n) is 11.3. The topological polar surface area (TPSA) is 26.3 Å². The Hall–Kier alpha value is -0.370. The summed E-state index contributed by atoms with van der Waals surface area (Å²) in [6.07, 6.45) is 5.61. The molecule has 0 aromatic heterocycles. The summed E-state index contributed by atoms with van der Waals surface area (Å²) in [4.78, 5) is 12.2.